The first-order valence-corrected chi connectivity index (χ1v) is 5.83. The Kier molecular flexibility index (Phi) is 3.15. The number of carboxylic acids is 1. The maximum absolute atomic E-state index is 13.0. The van der Waals surface area contributed by atoms with E-state index in [2.05, 4.69) is 0 Å². The van der Waals surface area contributed by atoms with Crippen LogP contribution in [0.1, 0.15) is 32.1 Å². The summed E-state index contributed by atoms with van der Waals surface area (Å²) in [6.07, 6.45) is 1.09. The van der Waals surface area contributed by atoms with Crippen LogP contribution in [0.25, 0.3) is 0 Å². The van der Waals surface area contributed by atoms with Crippen molar-refractivity contribution in [1.29, 1.82) is 0 Å². The van der Waals surface area contributed by atoms with Crippen LogP contribution in [0.4, 0.5) is 8.78 Å². The molecule has 0 radical (unpaired) electrons. The third-order valence-corrected chi connectivity index (χ3v) is 3.80. The third-order valence-electron chi connectivity index (χ3n) is 3.80. The van der Waals surface area contributed by atoms with Crippen molar-refractivity contribution in [2.75, 3.05) is 13.1 Å². The second-order valence-electron chi connectivity index (χ2n) is 4.87. The molecule has 2 aliphatic rings. The van der Waals surface area contributed by atoms with Crippen LogP contribution in [0.15, 0.2) is 0 Å². The lowest BCUT2D eigenvalue weighted by molar-refractivity contribution is -0.150. The molecule has 1 saturated carbocycles. The van der Waals surface area contributed by atoms with Crippen molar-refractivity contribution < 1.29 is 18.7 Å². The Morgan fingerprint density at radius 2 is 1.75 bits per heavy atom. The summed E-state index contributed by atoms with van der Waals surface area (Å²) in [5.74, 6) is -1.08. The fourth-order valence-electron chi connectivity index (χ4n) is 2.70. The molecule has 1 aliphatic carbocycles. The van der Waals surface area contributed by atoms with Gasteiger partial charge in [0.05, 0.1) is 5.41 Å². The SMILES string of the molecule is O=C(O)C(N1CCCCC1)C1(C(F)F)CC1. The van der Waals surface area contributed by atoms with E-state index in [-0.39, 0.29) is 0 Å². The largest absolute Gasteiger partial charge is 0.480 e. The molecule has 0 aromatic rings. The van der Waals surface area contributed by atoms with E-state index in [1.165, 1.54) is 0 Å². The lowest BCUT2D eigenvalue weighted by atomic mass is 9.93. The number of likely N-dealkylation sites (tertiary alicyclic amines) is 1. The number of hydrogen-bond acceptors (Lipinski definition) is 2. The number of nitrogens with zero attached hydrogens (tertiary/aromatic N) is 1. The Hall–Kier alpha value is -0.710. The van der Waals surface area contributed by atoms with Gasteiger partial charge in [0, 0.05) is 0 Å². The van der Waals surface area contributed by atoms with Crippen LogP contribution in [0.3, 0.4) is 0 Å². The Bertz CT molecular complexity index is 273. The molecule has 1 saturated heterocycles. The van der Waals surface area contributed by atoms with Gasteiger partial charge >= 0.3 is 5.97 Å². The maximum atomic E-state index is 13.0. The van der Waals surface area contributed by atoms with Gasteiger partial charge in [-0.05, 0) is 38.8 Å². The molecule has 1 aliphatic heterocycles. The molecule has 2 fully saturated rings. The summed E-state index contributed by atoms with van der Waals surface area (Å²) in [7, 11) is 0. The van der Waals surface area contributed by atoms with Crippen LogP contribution in [-0.2, 0) is 4.79 Å². The number of carboxylic acid groups (broad SMARTS) is 1. The highest BCUT2D eigenvalue weighted by molar-refractivity contribution is 5.75. The van der Waals surface area contributed by atoms with Crippen molar-refractivity contribution >= 4 is 5.97 Å². The van der Waals surface area contributed by atoms with Gasteiger partial charge in [-0.1, -0.05) is 6.42 Å². The molecule has 16 heavy (non-hydrogen) atoms. The molecule has 2 rings (SSSR count). The second-order valence-corrected chi connectivity index (χ2v) is 4.87. The number of rotatable bonds is 4. The zero-order valence-corrected chi connectivity index (χ0v) is 9.16. The fraction of sp³-hybridized carbons (Fsp3) is 0.909. The molecular formula is C11H17F2NO2. The monoisotopic (exact) mass is 233 g/mol. The van der Waals surface area contributed by atoms with E-state index in [1.807, 2.05) is 0 Å². The molecular weight excluding hydrogens is 216 g/mol. The van der Waals surface area contributed by atoms with Gasteiger partial charge in [-0.2, -0.15) is 0 Å². The molecule has 92 valence electrons. The normalized spacial score (nSPS) is 26.7. The van der Waals surface area contributed by atoms with E-state index in [9.17, 15) is 18.7 Å². The van der Waals surface area contributed by atoms with Crippen molar-refractivity contribution in [3.05, 3.63) is 0 Å². The Labute approximate surface area is 93.4 Å². The minimum atomic E-state index is -2.52. The van der Waals surface area contributed by atoms with E-state index < -0.39 is 23.9 Å². The molecule has 1 heterocycles. The quantitative estimate of drug-likeness (QED) is 0.807. The number of halogens is 2. The molecule has 0 spiro atoms. The van der Waals surface area contributed by atoms with Gasteiger partial charge in [-0.3, -0.25) is 9.69 Å². The van der Waals surface area contributed by atoms with Gasteiger partial charge in [0.15, 0.2) is 0 Å². The van der Waals surface area contributed by atoms with Crippen molar-refractivity contribution in [1.82, 2.24) is 4.90 Å². The van der Waals surface area contributed by atoms with Crippen LogP contribution >= 0.6 is 0 Å². The van der Waals surface area contributed by atoms with E-state index in [1.54, 1.807) is 4.90 Å². The first kappa shape index (κ1) is 11.8. The summed E-state index contributed by atoms with van der Waals surface area (Å²) in [6.45, 7) is 1.29. The van der Waals surface area contributed by atoms with Crippen molar-refractivity contribution in [2.45, 2.75) is 44.6 Å². The smallest absolute Gasteiger partial charge is 0.321 e. The van der Waals surface area contributed by atoms with E-state index in [0.717, 1.165) is 19.3 Å². The predicted octanol–water partition coefficient (Wildman–Crippen LogP) is 1.97. The van der Waals surface area contributed by atoms with Crippen LogP contribution in [0, 0.1) is 5.41 Å². The lowest BCUT2D eigenvalue weighted by Crippen LogP contribution is -2.51. The highest BCUT2D eigenvalue weighted by Crippen LogP contribution is 2.55. The lowest BCUT2D eigenvalue weighted by Gasteiger charge is -2.36. The molecule has 1 N–H and O–H groups in total. The average Bonchev–Trinajstić information content (AvgIpc) is 3.00. The summed E-state index contributed by atoms with van der Waals surface area (Å²) in [6, 6.07) is -0.979. The molecule has 0 aromatic carbocycles. The summed E-state index contributed by atoms with van der Waals surface area (Å²) in [5.41, 5.74) is -1.26. The standard InChI is InChI=1S/C11H17F2NO2/c12-10(13)11(4-5-11)8(9(15)16)14-6-2-1-3-7-14/h8,10H,1-7H2,(H,15,16). The summed E-state index contributed by atoms with van der Waals surface area (Å²) in [4.78, 5) is 13.0. The van der Waals surface area contributed by atoms with Gasteiger partial charge in [0.25, 0.3) is 0 Å². The van der Waals surface area contributed by atoms with Gasteiger partial charge in [0.1, 0.15) is 6.04 Å². The summed E-state index contributed by atoms with van der Waals surface area (Å²) >= 11 is 0. The first-order chi connectivity index (χ1) is 7.58. The topological polar surface area (TPSA) is 40.5 Å². The highest BCUT2D eigenvalue weighted by atomic mass is 19.3. The fourth-order valence-corrected chi connectivity index (χ4v) is 2.70. The molecule has 3 nitrogen and oxygen atoms in total. The average molecular weight is 233 g/mol. The first-order valence-electron chi connectivity index (χ1n) is 5.83. The second kappa shape index (κ2) is 4.28. The van der Waals surface area contributed by atoms with Crippen LogP contribution in [0.5, 0.6) is 0 Å². The maximum Gasteiger partial charge on any atom is 0.321 e. The van der Waals surface area contributed by atoms with Crippen LogP contribution in [0.2, 0.25) is 0 Å². The van der Waals surface area contributed by atoms with E-state index >= 15 is 0 Å². The number of piperidine rings is 1. The summed E-state index contributed by atoms with van der Waals surface area (Å²) in [5, 5.41) is 9.18. The summed E-state index contributed by atoms with van der Waals surface area (Å²) < 4.78 is 25.9. The Morgan fingerprint density at radius 1 is 1.19 bits per heavy atom. The Morgan fingerprint density at radius 3 is 2.12 bits per heavy atom. The van der Waals surface area contributed by atoms with Gasteiger partial charge in [-0.25, -0.2) is 8.78 Å². The third kappa shape index (κ3) is 1.93. The number of hydrogen-bond donors (Lipinski definition) is 1. The van der Waals surface area contributed by atoms with Crippen molar-refractivity contribution in [2.24, 2.45) is 5.41 Å². The Balaban J connectivity index is 2.13. The van der Waals surface area contributed by atoms with Crippen LogP contribution < -0.4 is 0 Å². The highest BCUT2D eigenvalue weighted by Gasteiger charge is 2.61. The van der Waals surface area contributed by atoms with Crippen molar-refractivity contribution in [3.63, 3.8) is 0 Å². The molecule has 0 amide bonds. The van der Waals surface area contributed by atoms with Crippen LogP contribution in [-0.4, -0.2) is 41.5 Å². The van der Waals surface area contributed by atoms with Gasteiger partial charge in [-0.15, -0.1) is 0 Å². The predicted molar refractivity (Wildman–Crippen MR) is 54.5 cm³/mol. The number of aliphatic carboxylic acids is 1. The molecule has 1 unspecified atom stereocenters. The zero-order chi connectivity index (χ0) is 11.8. The molecule has 0 aromatic heterocycles. The number of carbonyl (C=O) groups is 1. The van der Waals surface area contributed by atoms with Gasteiger partial charge in [0.2, 0.25) is 6.43 Å². The molecule has 1 atom stereocenters. The van der Waals surface area contributed by atoms with Gasteiger partial charge < -0.3 is 5.11 Å². The van der Waals surface area contributed by atoms with E-state index in [4.69, 9.17) is 0 Å². The van der Waals surface area contributed by atoms with Crippen molar-refractivity contribution in [3.8, 4) is 0 Å². The minimum absolute atomic E-state index is 0.345. The zero-order valence-electron chi connectivity index (χ0n) is 9.16. The molecule has 0 bridgehead atoms. The van der Waals surface area contributed by atoms with E-state index in [0.29, 0.717) is 25.9 Å². The number of alkyl halides is 2. The minimum Gasteiger partial charge on any atom is -0.480 e. The molecule has 5 heteroatoms.